The molecule has 0 N–H and O–H groups in total. The third kappa shape index (κ3) is 2.22. The molecule has 0 radical (unpaired) electrons. The highest BCUT2D eigenvalue weighted by Gasteiger charge is 2.34. The van der Waals surface area contributed by atoms with Crippen molar-refractivity contribution in [2.45, 2.75) is 25.9 Å². The molecule has 1 fully saturated rings. The van der Waals surface area contributed by atoms with Crippen LogP contribution < -0.4 is 0 Å². The molecule has 5 heteroatoms. The first-order valence-electron chi connectivity index (χ1n) is 6.75. The van der Waals surface area contributed by atoms with Crippen LogP contribution in [0.3, 0.4) is 0 Å². The molecule has 0 aliphatic carbocycles. The van der Waals surface area contributed by atoms with Crippen molar-refractivity contribution in [3.05, 3.63) is 53.4 Å². The van der Waals surface area contributed by atoms with E-state index in [0.717, 1.165) is 18.7 Å². The monoisotopic (exact) mass is 277 g/mol. The molecule has 1 saturated heterocycles. The second-order valence-corrected chi connectivity index (χ2v) is 5.42. The fraction of sp³-hybridized carbons (Fsp3) is 0.400. The summed E-state index contributed by atoms with van der Waals surface area (Å²) in [5.74, 6) is -0.952. The van der Waals surface area contributed by atoms with E-state index in [4.69, 9.17) is 0 Å². The van der Waals surface area contributed by atoms with E-state index < -0.39 is 11.6 Å². The topological polar surface area (TPSA) is 21.1 Å². The lowest BCUT2D eigenvalue weighted by atomic mass is 9.99. The average molecular weight is 277 g/mol. The summed E-state index contributed by atoms with van der Waals surface area (Å²) in [4.78, 5) is 2.06. The second kappa shape index (κ2) is 4.98. The van der Waals surface area contributed by atoms with E-state index in [2.05, 4.69) is 10.00 Å². The fourth-order valence-corrected chi connectivity index (χ4v) is 2.70. The lowest BCUT2D eigenvalue weighted by Gasteiger charge is -2.43. The molecule has 0 saturated carbocycles. The standard InChI is InChI=1S/C15H17F2N3/c1-10-6-18-20(7-10)12-8-19(9-12)11(2)15-13(16)4-3-5-14(15)17/h3-7,11-12H,8-9H2,1-2H3/t11-/m0/s1. The van der Waals surface area contributed by atoms with Crippen molar-refractivity contribution in [1.82, 2.24) is 14.7 Å². The first-order valence-corrected chi connectivity index (χ1v) is 6.75. The Balaban J connectivity index is 1.70. The lowest BCUT2D eigenvalue weighted by Crippen LogP contribution is -2.49. The normalized spacial score (nSPS) is 18.0. The van der Waals surface area contributed by atoms with Crippen LogP contribution in [-0.2, 0) is 0 Å². The van der Waals surface area contributed by atoms with Crippen LogP contribution in [0.25, 0.3) is 0 Å². The minimum absolute atomic E-state index is 0.155. The Hall–Kier alpha value is -1.75. The molecule has 20 heavy (non-hydrogen) atoms. The van der Waals surface area contributed by atoms with Crippen LogP contribution in [0.5, 0.6) is 0 Å². The Bertz CT molecular complexity index is 597. The van der Waals surface area contributed by atoms with Gasteiger partial charge in [0.2, 0.25) is 0 Å². The highest BCUT2D eigenvalue weighted by Crippen LogP contribution is 2.33. The Morgan fingerprint density at radius 3 is 2.45 bits per heavy atom. The van der Waals surface area contributed by atoms with E-state index >= 15 is 0 Å². The van der Waals surface area contributed by atoms with Crippen LogP contribution in [-0.4, -0.2) is 27.8 Å². The van der Waals surface area contributed by atoms with Gasteiger partial charge in [0.05, 0.1) is 12.2 Å². The van der Waals surface area contributed by atoms with Crippen LogP contribution in [0.2, 0.25) is 0 Å². The van der Waals surface area contributed by atoms with Gasteiger partial charge in [-0.25, -0.2) is 8.78 Å². The van der Waals surface area contributed by atoms with Crippen LogP contribution in [0.1, 0.15) is 30.1 Å². The maximum absolute atomic E-state index is 13.8. The molecule has 1 aromatic carbocycles. The average Bonchev–Trinajstić information content (AvgIpc) is 2.73. The van der Waals surface area contributed by atoms with E-state index in [1.807, 2.05) is 30.9 Å². The highest BCUT2D eigenvalue weighted by atomic mass is 19.1. The van der Waals surface area contributed by atoms with Gasteiger partial charge in [0.1, 0.15) is 11.6 Å². The highest BCUT2D eigenvalue weighted by molar-refractivity contribution is 5.23. The van der Waals surface area contributed by atoms with Gasteiger partial charge >= 0.3 is 0 Å². The summed E-state index contributed by atoms with van der Waals surface area (Å²) in [5, 5.41) is 4.28. The first-order chi connectivity index (χ1) is 9.56. The predicted molar refractivity (Wildman–Crippen MR) is 72.3 cm³/mol. The molecule has 0 amide bonds. The van der Waals surface area contributed by atoms with Crippen molar-refractivity contribution < 1.29 is 8.78 Å². The molecule has 1 aliphatic heterocycles. The number of aromatic nitrogens is 2. The van der Waals surface area contributed by atoms with Gasteiger partial charge in [-0.05, 0) is 31.5 Å². The van der Waals surface area contributed by atoms with Crippen LogP contribution in [0, 0.1) is 18.6 Å². The Kier molecular flexibility index (Phi) is 3.30. The van der Waals surface area contributed by atoms with Gasteiger partial charge in [-0.1, -0.05) is 6.07 Å². The molecule has 0 bridgehead atoms. The number of benzene rings is 1. The van der Waals surface area contributed by atoms with Crippen molar-refractivity contribution in [2.75, 3.05) is 13.1 Å². The predicted octanol–water partition coefficient (Wildman–Crippen LogP) is 3.09. The summed E-state index contributed by atoms with van der Waals surface area (Å²) in [6, 6.07) is 4.04. The van der Waals surface area contributed by atoms with Crippen LogP contribution in [0.4, 0.5) is 8.78 Å². The maximum Gasteiger partial charge on any atom is 0.130 e. The van der Waals surface area contributed by atoms with Crippen LogP contribution in [0.15, 0.2) is 30.6 Å². The molecular formula is C15H17F2N3. The Morgan fingerprint density at radius 1 is 1.25 bits per heavy atom. The summed E-state index contributed by atoms with van der Waals surface area (Å²) in [5.41, 5.74) is 1.28. The molecule has 1 aliphatic rings. The molecule has 0 spiro atoms. The largest absolute Gasteiger partial charge is 0.292 e. The van der Waals surface area contributed by atoms with E-state index in [0.29, 0.717) is 6.04 Å². The zero-order valence-electron chi connectivity index (χ0n) is 11.6. The van der Waals surface area contributed by atoms with Crippen LogP contribution >= 0.6 is 0 Å². The number of aryl methyl sites for hydroxylation is 1. The van der Waals surface area contributed by atoms with Gasteiger partial charge in [0.15, 0.2) is 0 Å². The number of likely N-dealkylation sites (tertiary alicyclic amines) is 1. The molecular weight excluding hydrogens is 260 g/mol. The van der Waals surface area contributed by atoms with Gasteiger partial charge < -0.3 is 0 Å². The Morgan fingerprint density at radius 2 is 1.90 bits per heavy atom. The molecule has 0 unspecified atom stereocenters. The maximum atomic E-state index is 13.8. The Labute approximate surface area is 116 Å². The van der Waals surface area contributed by atoms with Crippen molar-refractivity contribution >= 4 is 0 Å². The molecule has 106 valence electrons. The van der Waals surface area contributed by atoms with E-state index in [1.165, 1.54) is 18.2 Å². The zero-order valence-corrected chi connectivity index (χ0v) is 11.6. The molecule has 1 atom stereocenters. The number of hydrogen-bond donors (Lipinski definition) is 0. The molecule has 2 heterocycles. The minimum atomic E-state index is -0.476. The van der Waals surface area contributed by atoms with Crippen molar-refractivity contribution in [3.8, 4) is 0 Å². The first kappa shape index (κ1) is 13.2. The number of nitrogens with zero attached hydrogens (tertiary/aromatic N) is 3. The van der Waals surface area contributed by atoms with Gasteiger partial charge in [-0.3, -0.25) is 9.58 Å². The third-order valence-electron chi connectivity index (χ3n) is 3.96. The smallest absolute Gasteiger partial charge is 0.130 e. The van der Waals surface area contributed by atoms with Crippen molar-refractivity contribution in [3.63, 3.8) is 0 Å². The van der Waals surface area contributed by atoms with Crippen molar-refractivity contribution in [2.24, 2.45) is 0 Å². The number of halogens is 2. The second-order valence-electron chi connectivity index (χ2n) is 5.42. The lowest BCUT2D eigenvalue weighted by molar-refractivity contribution is 0.0566. The SMILES string of the molecule is Cc1cnn(C2CN([C@@H](C)c3c(F)cccc3F)C2)c1. The fourth-order valence-electron chi connectivity index (χ4n) is 2.70. The van der Waals surface area contributed by atoms with E-state index in [9.17, 15) is 8.78 Å². The van der Waals surface area contributed by atoms with Gasteiger partial charge in [0.25, 0.3) is 0 Å². The summed E-state index contributed by atoms with van der Waals surface area (Å²) < 4.78 is 29.4. The van der Waals surface area contributed by atoms with Gasteiger partial charge in [0, 0.05) is 30.9 Å². The third-order valence-corrected chi connectivity index (χ3v) is 3.96. The number of hydrogen-bond acceptors (Lipinski definition) is 2. The summed E-state index contributed by atoms with van der Waals surface area (Å²) in [6.45, 7) is 5.36. The van der Waals surface area contributed by atoms with Crippen molar-refractivity contribution in [1.29, 1.82) is 0 Å². The molecule has 1 aromatic heterocycles. The van der Waals surface area contributed by atoms with E-state index in [1.54, 1.807) is 0 Å². The molecule has 3 nitrogen and oxygen atoms in total. The van der Waals surface area contributed by atoms with Gasteiger partial charge in [-0.2, -0.15) is 5.10 Å². The summed E-state index contributed by atoms with van der Waals surface area (Å²) in [7, 11) is 0. The zero-order chi connectivity index (χ0) is 14.3. The molecule has 3 rings (SSSR count). The summed E-state index contributed by atoms with van der Waals surface area (Å²) >= 11 is 0. The quantitative estimate of drug-likeness (QED) is 0.859. The minimum Gasteiger partial charge on any atom is -0.292 e. The molecule has 2 aromatic rings. The van der Waals surface area contributed by atoms with Gasteiger partial charge in [-0.15, -0.1) is 0 Å². The summed E-state index contributed by atoms with van der Waals surface area (Å²) in [6.07, 6.45) is 3.82. The number of rotatable bonds is 3. The van der Waals surface area contributed by atoms with E-state index in [-0.39, 0.29) is 11.6 Å².